The zero-order chi connectivity index (χ0) is 42.5. The second-order valence-electron chi connectivity index (χ2n) is 13.3. The van der Waals surface area contributed by atoms with E-state index in [1.54, 1.807) is 45.9 Å². The predicted molar refractivity (Wildman–Crippen MR) is 216 cm³/mol. The Morgan fingerprint density at radius 1 is 0.814 bits per heavy atom. The van der Waals surface area contributed by atoms with Crippen LogP contribution in [0.3, 0.4) is 0 Å². The van der Waals surface area contributed by atoms with Crippen molar-refractivity contribution < 1.29 is 33.4 Å². The fraction of sp³-hybridized carbons (Fsp3) is 0.316. The van der Waals surface area contributed by atoms with E-state index in [4.69, 9.17) is 26.7 Å². The molecular formula is C38H44N14O7. The number of amides is 4. The van der Waals surface area contributed by atoms with E-state index in [9.17, 15) is 24.0 Å². The number of methoxy groups -OCH3 is 1. The lowest BCUT2D eigenvalue weighted by molar-refractivity contribution is -0.140. The number of carbonyl (C=O) groups excluding carboxylic acids is 5. The number of nitrogen functional groups attached to an aromatic ring is 1. The Hall–Kier alpha value is -7.58. The highest BCUT2D eigenvalue weighted by molar-refractivity contribution is 6.07. The molecule has 8 N–H and O–H groups in total. The van der Waals surface area contributed by atoms with Crippen LogP contribution in [0.4, 0.5) is 17.6 Å². The number of allylic oxidation sites excluding steroid dienone is 2. The van der Waals surface area contributed by atoms with Gasteiger partial charge in [0.25, 0.3) is 11.8 Å². The van der Waals surface area contributed by atoms with Crippen molar-refractivity contribution in [2.75, 3.05) is 30.1 Å². The van der Waals surface area contributed by atoms with Gasteiger partial charge >= 0.3 is 5.97 Å². The number of anilines is 3. The summed E-state index contributed by atoms with van der Waals surface area (Å²) in [6.45, 7) is 8.30. The Morgan fingerprint density at radius 2 is 1.46 bits per heavy atom. The summed E-state index contributed by atoms with van der Waals surface area (Å²) in [6, 6.07) is 6.10. The number of nitrogens with two attached hydrogens (primary N) is 3. The molecule has 4 amide bonds. The number of pyridine rings is 1. The molecule has 0 fully saturated rings. The third-order valence-corrected chi connectivity index (χ3v) is 9.29. The number of aromatic nitrogens is 9. The first-order valence-electron chi connectivity index (χ1n) is 18.6. The summed E-state index contributed by atoms with van der Waals surface area (Å²) in [6.07, 6.45) is 5.28. The lowest BCUT2D eigenvalue weighted by atomic mass is 10.1. The summed E-state index contributed by atoms with van der Waals surface area (Å²) in [7, 11) is 1.29. The number of benzene rings is 1. The fourth-order valence-corrected chi connectivity index (χ4v) is 6.39. The monoisotopic (exact) mass is 808 g/mol. The number of carbonyl (C=O) groups is 5. The molecule has 6 rings (SSSR count). The number of esters is 1. The van der Waals surface area contributed by atoms with Crippen LogP contribution in [0, 0.1) is 13.8 Å². The van der Waals surface area contributed by atoms with Gasteiger partial charge in [-0.2, -0.15) is 10.2 Å². The van der Waals surface area contributed by atoms with E-state index in [1.165, 1.54) is 36.2 Å². The molecule has 6 aromatic rings. The summed E-state index contributed by atoms with van der Waals surface area (Å²) in [5.41, 5.74) is 20.9. The van der Waals surface area contributed by atoms with E-state index in [0.717, 1.165) is 0 Å². The highest BCUT2D eigenvalue weighted by atomic mass is 16.5. The molecule has 0 aliphatic rings. The highest BCUT2D eigenvalue weighted by Gasteiger charge is 2.24. The maximum absolute atomic E-state index is 13.8. The van der Waals surface area contributed by atoms with Gasteiger partial charge in [0.2, 0.25) is 23.7 Å². The number of aryl methyl sites for hydroxylation is 4. The van der Waals surface area contributed by atoms with Crippen LogP contribution < -0.4 is 32.6 Å². The van der Waals surface area contributed by atoms with E-state index in [-0.39, 0.29) is 71.8 Å². The topological polar surface area (TPSA) is 290 Å². The van der Waals surface area contributed by atoms with Gasteiger partial charge in [0.05, 0.1) is 41.9 Å². The average molecular weight is 809 g/mol. The van der Waals surface area contributed by atoms with Gasteiger partial charge in [0.15, 0.2) is 5.65 Å². The van der Waals surface area contributed by atoms with E-state index in [1.807, 2.05) is 13.8 Å². The Labute approximate surface area is 336 Å². The van der Waals surface area contributed by atoms with Gasteiger partial charge in [-0.25, -0.2) is 15.0 Å². The molecule has 0 aliphatic carbocycles. The standard InChI is InChI=1S/C38H44N14O7/c1-6-51-26(15-20(3)47-51)35(56)45-38-44-25-17-23(33(41)55)19-42-34(25)50(38)13-9-8-12-49-30-24(16-22(32(40)54)18-27(30)59-14-10-11-28(53)58-5)43-37(49)46-36(57)31-29(39)21(4)48-52(31)7-2/h8-9,15-19H,6-7,10-14,39H2,1-5H3,(H2,40,54)(H2,41,55)(H,43,46,57)(H,44,45,56)/b9-8+. The predicted octanol–water partition coefficient (Wildman–Crippen LogP) is 2.70. The molecule has 0 saturated carbocycles. The number of rotatable bonds is 17. The summed E-state index contributed by atoms with van der Waals surface area (Å²) in [4.78, 5) is 77.1. The summed E-state index contributed by atoms with van der Waals surface area (Å²) in [5, 5.41) is 14.4. The highest BCUT2D eigenvalue weighted by Crippen LogP contribution is 2.32. The molecule has 0 radical (unpaired) electrons. The zero-order valence-electron chi connectivity index (χ0n) is 33.1. The lowest BCUT2D eigenvalue weighted by Gasteiger charge is -2.13. The second-order valence-corrected chi connectivity index (χ2v) is 13.3. The Balaban J connectivity index is 1.38. The van der Waals surface area contributed by atoms with E-state index in [0.29, 0.717) is 53.3 Å². The SMILES string of the molecule is CCn1nc(C)cc1C(=O)Nc1nc2cc(C(N)=O)cnc2n1C/C=C/Cn1c(NC(=O)c2c(N)c(C)nn2CC)nc2cc(C(N)=O)cc(OCCCC(=O)OC)c21. The summed E-state index contributed by atoms with van der Waals surface area (Å²) >= 11 is 0. The fourth-order valence-electron chi connectivity index (χ4n) is 6.39. The van der Waals surface area contributed by atoms with Crippen molar-refractivity contribution in [2.24, 2.45) is 11.5 Å². The molecule has 0 atom stereocenters. The van der Waals surface area contributed by atoms with Crippen molar-refractivity contribution in [2.45, 2.75) is 66.7 Å². The number of nitrogens with one attached hydrogen (secondary N) is 2. The molecule has 59 heavy (non-hydrogen) atoms. The lowest BCUT2D eigenvalue weighted by Crippen LogP contribution is -2.21. The van der Waals surface area contributed by atoms with Crippen molar-refractivity contribution in [1.82, 2.24) is 43.6 Å². The van der Waals surface area contributed by atoms with Crippen LogP contribution in [0.15, 0.2) is 42.6 Å². The molecule has 21 heteroatoms. The van der Waals surface area contributed by atoms with Gasteiger partial charge < -0.3 is 31.2 Å². The zero-order valence-corrected chi connectivity index (χ0v) is 33.1. The Bertz CT molecular complexity index is 2650. The molecule has 21 nitrogen and oxygen atoms in total. The minimum absolute atomic E-state index is 0.0753. The van der Waals surface area contributed by atoms with Gasteiger partial charge in [-0.3, -0.25) is 48.5 Å². The molecule has 5 aromatic heterocycles. The van der Waals surface area contributed by atoms with Crippen LogP contribution in [-0.2, 0) is 35.7 Å². The second kappa shape index (κ2) is 17.3. The molecule has 308 valence electrons. The minimum atomic E-state index is -0.734. The molecule has 0 saturated heterocycles. The van der Waals surface area contributed by atoms with Crippen LogP contribution in [0.1, 0.15) is 79.8 Å². The number of fused-ring (bicyclic) bond motifs is 2. The molecule has 5 heterocycles. The van der Waals surface area contributed by atoms with Gasteiger partial charge in [0, 0.05) is 44.4 Å². The minimum Gasteiger partial charge on any atom is -0.491 e. The van der Waals surface area contributed by atoms with Crippen molar-refractivity contribution in [3.8, 4) is 5.75 Å². The third kappa shape index (κ3) is 8.57. The number of nitrogens with zero attached hydrogens (tertiary/aromatic N) is 9. The number of hydrogen-bond donors (Lipinski definition) is 5. The first-order chi connectivity index (χ1) is 28.2. The van der Waals surface area contributed by atoms with Gasteiger partial charge in [-0.1, -0.05) is 12.2 Å². The third-order valence-electron chi connectivity index (χ3n) is 9.29. The maximum atomic E-state index is 13.8. The van der Waals surface area contributed by atoms with Crippen molar-refractivity contribution >= 4 is 69.4 Å². The van der Waals surface area contributed by atoms with E-state index < -0.39 is 29.6 Å². The van der Waals surface area contributed by atoms with Crippen LogP contribution in [0.2, 0.25) is 0 Å². The Morgan fingerprint density at radius 3 is 2.14 bits per heavy atom. The first kappa shape index (κ1) is 41.1. The van der Waals surface area contributed by atoms with E-state index >= 15 is 0 Å². The van der Waals surface area contributed by atoms with Crippen molar-refractivity contribution in [3.63, 3.8) is 0 Å². The number of imidazole rings is 2. The summed E-state index contributed by atoms with van der Waals surface area (Å²) < 4.78 is 17.2. The molecule has 0 aliphatic heterocycles. The first-order valence-corrected chi connectivity index (χ1v) is 18.6. The smallest absolute Gasteiger partial charge is 0.305 e. The van der Waals surface area contributed by atoms with Crippen LogP contribution in [0.25, 0.3) is 22.2 Å². The van der Waals surface area contributed by atoms with Crippen LogP contribution >= 0.6 is 0 Å². The maximum Gasteiger partial charge on any atom is 0.305 e. The summed E-state index contributed by atoms with van der Waals surface area (Å²) in [5.74, 6) is -2.42. The van der Waals surface area contributed by atoms with Gasteiger partial charge in [-0.15, -0.1) is 0 Å². The van der Waals surface area contributed by atoms with Gasteiger partial charge in [0.1, 0.15) is 28.2 Å². The largest absolute Gasteiger partial charge is 0.491 e. The van der Waals surface area contributed by atoms with E-state index in [2.05, 4.69) is 35.8 Å². The molecule has 0 unspecified atom stereocenters. The normalized spacial score (nSPS) is 11.4. The Kier molecular flexibility index (Phi) is 12.0. The molecule has 0 spiro atoms. The average Bonchev–Trinajstić information content (AvgIpc) is 3.95. The van der Waals surface area contributed by atoms with Crippen LogP contribution in [0.5, 0.6) is 5.75 Å². The molecule has 0 bridgehead atoms. The quantitative estimate of drug-likeness (QED) is 0.0504. The molecular weight excluding hydrogens is 765 g/mol. The van der Waals surface area contributed by atoms with Gasteiger partial charge in [-0.05, 0) is 58.4 Å². The van der Waals surface area contributed by atoms with Crippen LogP contribution in [-0.4, -0.2) is 87.0 Å². The number of ether oxygens (including phenoxy) is 2. The van der Waals surface area contributed by atoms with Crippen molar-refractivity contribution in [1.29, 1.82) is 0 Å². The van der Waals surface area contributed by atoms with Crippen molar-refractivity contribution in [3.05, 3.63) is 76.5 Å². The molecule has 1 aromatic carbocycles. The number of hydrogen-bond acceptors (Lipinski definition) is 13. The number of primary amides is 2.